The molecule has 1 saturated heterocycles. The highest BCUT2D eigenvalue weighted by Crippen LogP contribution is 2.47. The second-order valence-electron chi connectivity index (χ2n) is 5.52. The highest BCUT2D eigenvalue weighted by Gasteiger charge is 2.58. The van der Waals surface area contributed by atoms with Gasteiger partial charge in [0.25, 0.3) is 0 Å². The average Bonchev–Trinajstić information content (AvgIpc) is 2.59. The fraction of sp³-hybridized carbons (Fsp3) is 0.467. The Kier molecular flexibility index (Phi) is 4.14. The first-order valence-electron chi connectivity index (χ1n) is 6.81. The minimum absolute atomic E-state index is 0.152. The minimum Gasteiger partial charge on any atom is -0.447 e. The van der Waals surface area contributed by atoms with E-state index in [1.54, 1.807) is 19.9 Å². The summed E-state index contributed by atoms with van der Waals surface area (Å²) in [6.07, 6.45) is 2.99. The van der Waals surface area contributed by atoms with Crippen molar-refractivity contribution in [3.05, 3.63) is 35.0 Å². The van der Waals surface area contributed by atoms with Crippen LogP contribution in [0, 0.1) is 5.41 Å². The van der Waals surface area contributed by atoms with Gasteiger partial charge in [0.1, 0.15) is 5.41 Å². The summed E-state index contributed by atoms with van der Waals surface area (Å²) in [5, 5.41) is 3.13. The number of amides is 2. The summed E-state index contributed by atoms with van der Waals surface area (Å²) in [6.45, 7) is 9.68. The number of carbonyl (C=O) groups is 2. The molecule has 2 aliphatic rings. The summed E-state index contributed by atoms with van der Waals surface area (Å²) >= 11 is 6.08. The zero-order chi connectivity index (χ0) is 15.8. The van der Waals surface area contributed by atoms with Gasteiger partial charge in [0.05, 0.1) is 6.10 Å². The smallest absolute Gasteiger partial charge is 0.410 e. The Morgan fingerprint density at radius 1 is 1.52 bits per heavy atom. The molecule has 21 heavy (non-hydrogen) atoms. The standard InChI is InChI=1S/C15H19ClN2O3/c1-5-6-11-12(10(4)16)15(13(19)17-11)7-18(8-15)14(20)21-9(2)3/h5-6,9H,4,7-8H2,1-3H3,(H,17,19)/b6-5-. The van der Waals surface area contributed by atoms with Gasteiger partial charge >= 0.3 is 6.09 Å². The topological polar surface area (TPSA) is 58.6 Å². The van der Waals surface area contributed by atoms with E-state index >= 15 is 0 Å². The van der Waals surface area contributed by atoms with Crippen LogP contribution in [-0.2, 0) is 9.53 Å². The molecule has 0 unspecified atom stereocenters. The molecular weight excluding hydrogens is 292 g/mol. The molecule has 114 valence electrons. The maximum absolute atomic E-state index is 12.3. The molecule has 0 saturated carbocycles. The lowest BCUT2D eigenvalue weighted by atomic mass is 9.74. The minimum atomic E-state index is -0.802. The predicted molar refractivity (Wildman–Crippen MR) is 80.6 cm³/mol. The third-order valence-electron chi connectivity index (χ3n) is 3.55. The Balaban J connectivity index is 2.22. The summed E-state index contributed by atoms with van der Waals surface area (Å²) < 4.78 is 5.13. The maximum Gasteiger partial charge on any atom is 0.410 e. The second kappa shape index (κ2) is 5.56. The number of allylic oxidation sites excluding steroid dienone is 3. The Morgan fingerprint density at radius 2 is 2.14 bits per heavy atom. The summed E-state index contributed by atoms with van der Waals surface area (Å²) in [5.41, 5.74) is 0.518. The van der Waals surface area contributed by atoms with Gasteiger partial charge in [-0.2, -0.15) is 0 Å². The Morgan fingerprint density at radius 3 is 2.62 bits per heavy atom. The second-order valence-corrected chi connectivity index (χ2v) is 5.97. The SMILES string of the molecule is C=C(Cl)C1=C(/C=C\C)NC(=O)C12CN(C(=O)OC(C)C)C2. The fourth-order valence-corrected chi connectivity index (χ4v) is 2.97. The first-order valence-corrected chi connectivity index (χ1v) is 7.19. The largest absolute Gasteiger partial charge is 0.447 e. The van der Waals surface area contributed by atoms with E-state index in [0.717, 1.165) is 0 Å². The molecule has 2 heterocycles. The number of hydrogen-bond donors (Lipinski definition) is 1. The van der Waals surface area contributed by atoms with E-state index in [9.17, 15) is 9.59 Å². The summed E-state index contributed by atoms with van der Waals surface area (Å²) in [4.78, 5) is 25.7. The predicted octanol–water partition coefficient (Wildman–Crippen LogP) is 2.55. The van der Waals surface area contributed by atoms with Crippen LogP contribution in [0.3, 0.4) is 0 Å². The number of halogens is 1. The van der Waals surface area contributed by atoms with E-state index in [-0.39, 0.29) is 25.1 Å². The van der Waals surface area contributed by atoms with Crippen molar-refractivity contribution in [1.29, 1.82) is 0 Å². The van der Waals surface area contributed by atoms with Gasteiger partial charge < -0.3 is 15.0 Å². The van der Waals surface area contributed by atoms with Gasteiger partial charge in [-0.3, -0.25) is 4.79 Å². The van der Waals surface area contributed by atoms with Crippen LogP contribution in [0.1, 0.15) is 20.8 Å². The summed E-state index contributed by atoms with van der Waals surface area (Å²) in [7, 11) is 0. The van der Waals surface area contributed by atoms with E-state index < -0.39 is 11.5 Å². The van der Waals surface area contributed by atoms with E-state index in [4.69, 9.17) is 16.3 Å². The third-order valence-corrected chi connectivity index (χ3v) is 3.74. The van der Waals surface area contributed by atoms with Crippen molar-refractivity contribution in [2.75, 3.05) is 13.1 Å². The van der Waals surface area contributed by atoms with E-state index in [1.165, 1.54) is 4.90 Å². The van der Waals surface area contributed by atoms with Gasteiger partial charge in [-0.1, -0.05) is 24.3 Å². The molecule has 0 aromatic heterocycles. The highest BCUT2D eigenvalue weighted by molar-refractivity contribution is 6.32. The van der Waals surface area contributed by atoms with Crippen molar-refractivity contribution >= 4 is 23.6 Å². The zero-order valence-electron chi connectivity index (χ0n) is 12.4. The quantitative estimate of drug-likeness (QED) is 0.871. The highest BCUT2D eigenvalue weighted by atomic mass is 35.5. The molecule has 1 fully saturated rings. The first kappa shape index (κ1) is 15.6. The Hall–Kier alpha value is -1.75. The molecule has 0 aromatic carbocycles. The third kappa shape index (κ3) is 2.58. The molecule has 2 rings (SSSR count). The summed E-state index contributed by atoms with van der Waals surface area (Å²) in [5.74, 6) is -0.152. The van der Waals surface area contributed by atoms with Crippen LogP contribution in [-0.4, -0.2) is 36.1 Å². The number of likely N-dealkylation sites (tertiary alicyclic amines) is 1. The van der Waals surface area contributed by atoms with Crippen LogP contribution in [0.5, 0.6) is 0 Å². The zero-order valence-corrected chi connectivity index (χ0v) is 13.2. The van der Waals surface area contributed by atoms with E-state index in [2.05, 4.69) is 11.9 Å². The molecule has 0 radical (unpaired) electrons. The molecule has 1 spiro atoms. The van der Waals surface area contributed by atoms with Crippen molar-refractivity contribution in [1.82, 2.24) is 10.2 Å². The average molecular weight is 311 g/mol. The number of rotatable bonds is 3. The summed E-state index contributed by atoms with van der Waals surface area (Å²) in [6, 6.07) is 0. The van der Waals surface area contributed by atoms with Crippen molar-refractivity contribution in [2.24, 2.45) is 5.41 Å². The Labute approximate surface area is 129 Å². The first-order chi connectivity index (χ1) is 9.81. The van der Waals surface area contributed by atoms with Crippen LogP contribution in [0.15, 0.2) is 35.0 Å². The Bertz CT molecular complexity index is 557. The lowest BCUT2D eigenvalue weighted by Crippen LogP contribution is -2.63. The number of ether oxygens (including phenoxy) is 1. The molecule has 0 atom stereocenters. The normalized spacial score (nSPS) is 20.2. The molecule has 6 heteroatoms. The van der Waals surface area contributed by atoms with Crippen LogP contribution < -0.4 is 5.32 Å². The fourth-order valence-electron chi connectivity index (χ4n) is 2.69. The molecule has 0 aromatic rings. The molecule has 1 N–H and O–H groups in total. The van der Waals surface area contributed by atoms with Crippen LogP contribution in [0.2, 0.25) is 0 Å². The molecular formula is C15H19ClN2O3. The van der Waals surface area contributed by atoms with Crippen LogP contribution >= 0.6 is 11.6 Å². The number of carbonyl (C=O) groups excluding carboxylic acids is 2. The van der Waals surface area contributed by atoms with Crippen molar-refractivity contribution in [3.63, 3.8) is 0 Å². The van der Waals surface area contributed by atoms with E-state index in [1.807, 2.05) is 13.0 Å². The van der Waals surface area contributed by atoms with Crippen LogP contribution in [0.4, 0.5) is 4.79 Å². The van der Waals surface area contributed by atoms with Crippen LogP contribution in [0.25, 0.3) is 0 Å². The van der Waals surface area contributed by atoms with Gasteiger partial charge in [0.15, 0.2) is 0 Å². The molecule has 2 aliphatic heterocycles. The lowest BCUT2D eigenvalue weighted by Gasteiger charge is -2.46. The maximum atomic E-state index is 12.3. The molecule has 5 nitrogen and oxygen atoms in total. The van der Waals surface area contributed by atoms with Crippen molar-refractivity contribution in [2.45, 2.75) is 26.9 Å². The molecule has 0 aliphatic carbocycles. The van der Waals surface area contributed by atoms with E-state index in [0.29, 0.717) is 16.3 Å². The van der Waals surface area contributed by atoms with Gasteiger partial charge in [0, 0.05) is 29.4 Å². The number of hydrogen-bond acceptors (Lipinski definition) is 3. The van der Waals surface area contributed by atoms with Gasteiger partial charge in [-0.15, -0.1) is 0 Å². The molecule has 0 bridgehead atoms. The van der Waals surface area contributed by atoms with Gasteiger partial charge in [-0.25, -0.2) is 4.79 Å². The number of nitrogens with one attached hydrogen (secondary N) is 1. The monoisotopic (exact) mass is 310 g/mol. The van der Waals surface area contributed by atoms with Gasteiger partial charge in [-0.05, 0) is 26.8 Å². The van der Waals surface area contributed by atoms with Crippen molar-refractivity contribution < 1.29 is 14.3 Å². The molecule has 2 amide bonds. The number of nitrogens with zero attached hydrogens (tertiary/aromatic N) is 1. The van der Waals surface area contributed by atoms with Crippen molar-refractivity contribution in [3.8, 4) is 0 Å². The lowest BCUT2D eigenvalue weighted by molar-refractivity contribution is -0.133. The van der Waals surface area contributed by atoms with Gasteiger partial charge in [0.2, 0.25) is 5.91 Å².